The number of nitrogens with one attached hydrogen (secondary N) is 1. The molecule has 192 valence electrons. The molecule has 1 aliphatic heterocycles. The first-order valence-electron chi connectivity index (χ1n) is 12.6. The van der Waals surface area contributed by atoms with Gasteiger partial charge < -0.3 is 14.0 Å². The summed E-state index contributed by atoms with van der Waals surface area (Å²) in [4.78, 5) is 14.3. The predicted octanol–water partition coefficient (Wildman–Crippen LogP) is 5.97. The number of aliphatic hydroxyl groups excluding tert-OH is 1. The maximum Gasteiger partial charge on any atom is 0.166 e. The highest BCUT2D eigenvalue weighted by molar-refractivity contribution is 6.32. The van der Waals surface area contributed by atoms with E-state index >= 15 is 0 Å². The Morgan fingerprint density at radius 1 is 1.11 bits per heavy atom. The van der Waals surface area contributed by atoms with Gasteiger partial charge in [-0.3, -0.25) is 10.1 Å². The molecule has 2 unspecified atom stereocenters. The Morgan fingerprint density at radius 2 is 1.92 bits per heavy atom. The highest BCUT2D eigenvalue weighted by Gasteiger charge is 2.45. The number of hydrogen-bond acceptors (Lipinski definition) is 6. The zero-order valence-corrected chi connectivity index (χ0v) is 21.9. The van der Waals surface area contributed by atoms with Crippen LogP contribution in [0, 0.1) is 13.8 Å². The molecule has 7 heteroatoms. The van der Waals surface area contributed by atoms with Crippen LogP contribution >= 0.6 is 11.6 Å². The second kappa shape index (κ2) is 9.55. The summed E-state index contributed by atoms with van der Waals surface area (Å²) < 4.78 is 11.2. The van der Waals surface area contributed by atoms with Gasteiger partial charge >= 0.3 is 0 Å². The molecule has 0 fully saturated rings. The van der Waals surface area contributed by atoms with Crippen molar-refractivity contribution in [3.63, 3.8) is 0 Å². The average molecular weight is 527 g/mol. The number of benzene rings is 3. The van der Waals surface area contributed by atoms with Crippen LogP contribution in [0.4, 0.5) is 0 Å². The molecule has 2 N–H and O–H groups in total. The summed E-state index contributed by atoms with van der Waals surface area (Å²) in [7, 11) is 0. The van der Waals surface area contributed by atoms with Crippen LogP contribution < -0.4 is 5.32 Å². The summed E-state index contributed by atoms with van der Waals surface area (Å²) in [6.07, 6.45) is -0.00474. The number of aromatic nitrogens is 1. The Labute approximate surface area is 225 Å². The lowest BCUT2D eigenvalue weighted by molar-refractivity contribution is -0.123. The van der Waals surface area contributed by atoms with Crippen LogP contribution in [0.25, 0.3) is 11.0 Å². The van der Waals surface area contributed by atoms with Gasteiger partial charge in [0.2, 0.25) is 0 Å². The molecule has 38 heavy (non-hydrogen) atoms. The van der Waals surface area contributed by atoms with E-state index in [4.69, 9.17) is 20.5 Å². The number of carbonyl (C=O) groups excluding carboxylic acids is 1. The third-order valence-electron chi connectivity index (χ3n) is 7.48. The topological polar surface area (TPSA) is 88.5 Å². The molecule has 5 aromatic rings. The second-order valence-electron chi connectivity index (χ2n) is 9.83. The van der Waals surface area contributed by atoms with E-state index in [-0.39, 0.29) is 12.2 Å². The minimum absolute atomic E-state index is 0.0107. The van der Waals surface area contributed by atoms with Crippen molar-refractivity contribution in [3.05, 3.63) is 123 Å². The van der Waals surface area contributed by atoms with E-state index in [9.17, 15) is 9.90 Å². The Kier molecular flexibility index (Phi) is 6.19. The SMILES string of the molecule is Cc1noc(C)c1C(O)c1cc2cc(CC(=O)C3(c4ccccc4)NCCc4cccc(Cl)c43)ccc2o1. The summed E-state index contributed by atoms with van der Waals surface area (Å²) in [6.45, 7) is 4.21. The van der Waals surface area contributed by atoms with Gasteiger partial charge in [0.25, 0.3) is 0 Å². The van der Waals surface area contributed by atoms with Gasteiger partial charge in [-0.05, 0) is 61.2 Å². The van der Waals surface area contributed by atoms with Crippen LogP contribution in [0.15, 0.2) is 81.7 Å². The van der Waals surface area contributed by atoms with E-state index in [1.807, 2.05) is 60.7 Å². The number of rotatable bonds is 6. The maximum absolute atomic E-state index is 14.3. The predicted molar refractivity (Wildman–Crippen MR) is 145 cm³/mol. The highest BCUT2D eigenvalue weighted by Crippen LogP contribution is 2.41. The van der Waals surface area contributed by atoms with Gasteiger partial charge in [-0.1, -0.05) is 65.3 Å². The molecule has 0 aliphatic carbocycles. The second-order valence-corrected chi connectivity index (χ2v) is 10.2. The minimum Gasteiger partial charge on any atom is -0.458 e. The Bertz CT molecular complexity index is 1640. The number of hydrogen-bond donors (Lipinski definition) is 2. The third kappa shape index (κ3) is 3.97. The average Bonchev–Trinajstić information content (AvgIpc) is 3.50. The zero-order chi connectivity index (χ0) is 26.4. The first-order chi connectivity index (χ1) is 18.4. The van der Waals surface area contributed by atoms with Crippen LogP contribution in [0.5, 0.6) is 0 Å². The highest BCUT2D eigenvalue weighted by atomic mass is 35.5. The Morgan fingerprint density at radius 3 is 2.68 bits per heavy atom. The molecule has 6 rings (SSSR count). The zero-order valence-electron chi connectivity index (χ0n) is 21.1. The van der Waals surface area contributed by atoms with E-state index in [1.165, 1.54) is 0 Å². The number of fused-ring (bicyclic) bond motifs is 2. The first kappa shape index (κ1) is 24.6. The molecule has 0 saturated heterocycles. The molecule has 2 atom stereocenters. The van der Waals surface area contributed by atoms with Crippen molar-refractivity contribution in [2.45, 2.75) is 38.3 Å². The number of nitrogens with zero attached hydrogens (tertiary/aromatic N) is 1. The Hall–Kier alpha value is -3.71. The van der Waals surface area contributed by atoms with E-state index in [1.54, 1.807) is 19.9 Å². The van der Waals surface area contributed by atoms with Gasteiger partial charge in [0.1, 0.15) is 28.7 Å². The smallest absolute Gasteiger partial charge is 0.166 e. The molecular weight excluding hydrogens is 500 g/mol. The quantitative estimate of drug-likeness (QED) is 0.283. The van der Waals surface area contributed by atoms with Crippen LogP contribution in [-0.4, -0.2) is 22.6 Å². The van der Waals surface area contributed by atoms with E-state index in [0.717, 1.165) is 34.1 Å². The third-order valence-corrected chi connectivity index (χ3v) is 7.80. The molecular formula is C31H27ClN2O4. The molecule has 6 nitrogen and oxygen atoms in total. The standard InChI is InChI=1S/C31H27ClN2O4/c1-18-28(19(2)38-34-18)30(36)26-17-22-15-20(11-12-25(22)37-26)16-27(35)31(23-8-4-3-5-9-23)29-21(13-14-33-31)7-6-10-24(29)32/h3-12,15,17,30,33,36H,13-14,16H2,1-2H3. The minimum atomic E-state index is -1.05. The van der Waals surface area contributed by atoms with Crippen LogP contribution in [0.2, 0.25) is 5.02 Å². The molecule has 1 aliphatic rings. The van der Waals surface area contributed by atoms with Crippen molar-refractivity contribution >= 4 is 28.4 Å². The number of aliphatic hydroxyl groups is 1. The molecule has 0 bridgehead atoms. The summed E-state index contributed by atoms with van der Waals surface area (Å²) >= 11 is 6.76. The summed E-state index contributed by atoms with van der Waals surface area (Å²) in [5.41, 5.74) is 4.42. The number of halogens is 1. The largest absolute Gasteiger partial charge is 0.458 e. The molecule has 2 aromatic heterocycles. The maximum atomic E-state index is 14.3. The Balaban J connectivity index is 1.38. The summed E-state index contributed by atoms with van der Waals surface area (Å²) in [6, 6.07) is 23.1. The number of Topliss-reactive ketones (excluding diaryl/α,β-unsaturated/α-hetero) is 1. The van der Waals surface area contributed by atoms with Crippen molar-refractivity contribution in [1.82, 2.24) is 10.5 Å². The number of aryl methyl sites for hydroxylation is 2. The summed E-state index contributed by atoms with van der Waals surface area (Å²) in [5, 5.41) is 19.8. The van der Waals surface area contributed by atoms with Crippen LogP contribution in [0.1, 0.15) is 51.1 Å². The molecule has 3 aromatic carbocycles. The molecule has 0 spiro atoms. The number of carbonyl (C=O) groups is 1. The first-order valence-corrected chi connectivity index (χ1v) is 13.0. The van der Waals surface area contributed by atoms with Gasteiger partial charge in [-0.15, -0.1) is 0 Å². The molecule has 0 amide bonds. The van der Waals surface area contributed by atoms with Crippen LogP contribution in [0.3, 0.4) is 0 Å². The van der Waals surface area contributed by atoms with Gasteiger partial charge in [0.05, 0.1) is 11.3 Å². The van der Waals surface area contributed by atoms with Crippen LogP contribution in [-0.2, 0) is 23.2 Å². The fourth-order valence-corrected chi connectivity index (χ4v) is 6.04. The molecule has 3 heterocycles. The lowest BCUT2D eigenvalue weighted by atomic mass is 9.73. The number of furan rings is 1. The van der Waals surface area contributed by atoms with Crippen molar-refractivity contribution in [2.75, 3.05) is 6.54 Å². The monoisotopic (exact) mass is 526 g/mol. The molecule has 0 saturated carbocycles. The number of ketones is 1. The lowest BCUT2D eigenvalue weighted by Gasteiger charge is -2.40. The van der Waals surface area contributed by atoms with E-state index in [0.29, 0.717) is 39.9 Å². The van der Waals surface area contributed by atoms with Crippen molar-refractivity contribution in [3.8, 4) is 0 Å². The van der Waals surface area contributed by atoms with Crippen molar-refractivity contribution in [2.24, 2.45) is 0 Å². The normalized spacial score (nSPS) is 17.9. The fourth-order valence-electron chi connectivity index (χ4n) is 5.70. The van der Waals surface area contributed by atoms with Gasteiger partial charge in [0.15, 0.2) is 5.78 Å². The van der Waals surface area contributed by atoms with Crippen molar-refractivity contribution < 1.29 is 18.8 Å². The van der Waals surface area contributed by atoms with Gasteiger partial charge in [-0.2, -0.15) is 0 Å². The van der Waals surface area contributed by atoms with Gasteiger partial charge in [-0.25, -0.2) is 0 Å². The summed E-state index contributed by atoms with van der Waals surface area (Å²) in [5.74, 6) is 0.955. The van der Waals surface area contributed by atoms with Gasteiger partial charge in [0, 0.05) is 28.9 Å². The fraction of sp³-hybridized carbons (Fsp3) is 0.226. The lowest BCUT2D eigenvalue weighted by Crippen LogP contribution is -2.54. The van der Waals surface area contributed by atoms with E-state index in [2.05, 4.69) is 16.5 Å². The molecule has 0 radical (unpaired) electrons. The van der Waals surface area contributed by atoms with E-state index < -0.39 is 11.6 Å². The van der Waals surface area contributed by atoms with Crippen molar-refractivity contribution in [1.29, 1.82) is 0 Å².